The average Bonchev–Trinajstić information content (AvgIpc) is 2.42. The van der Waals surface area contributed by atoms with Gasteiger partial charge in [-0.25, -0.2) is 8.42 Å². The van der Waals surface area contributed by atoms with Crippen molar-refractivity contribution in [3.63, 3.8) is 0 Å². The van der Waals surface area contributed by atoms with E-state index < -0.39 is 44.7 Å². The minimum absolute atomic E-state index is 0. The maximum absolute atomic E-state index is 11.3. The minimum Gasteiger partial charge on any atom is -0.744 e. The SMILES string of the molecule is CCC(c1ccc(S(=O)(=O)[O-])cc1)C(C(=O)[O-])C(C)C(=O)[O-].[Na+].[Na+].[Na+]. The van der Waals surface area contributed by atoms with Gasteiger partial charge in [0.05, 0.1) is 4.90 Å². The molecule has 25 heavy (non-hydrogen) atoms. The van der Waals surface area contributed by atoms with Crippen LogP contribution in [0.1, 0.15) is 31.7 Å². The zero-order valence-corrected chi connectivity index (χ0v) is 21.8. The molecule has 0 aromatic heterocycles. The van der Waals surface area contributed by atoms with E-state index in [4.69, 9.17) is 0 Å². The molecule has 1 rings (SSSR count). The minimum atomic E-state index is -4.60. The number of carbonyl (C=O) groups is 2. The van der Waals surface area contributed by atoms with Crippen molar-refractivity contribution in [3.05, 3.63) is 29.8 Å². The zero-order chi connectivity index (χ0) is 17.1. The molecule has 0 aliphatic rings. The van der Waals surface area contributed by atoms with Gasteiger partial charge in [-0.1, -0.05) is 26.0 Å². The Hall–Kier alpha value is 1.07. The molecule has 0 aliphatic carbocycles. The first-order chi connectivity index (χ1) is 10.1. The first kappa shape index (κ1) is 30.8. The Labute approximate surface area is 213 Å². The van der Waals surface area contributed by atoms with Crippen molar-refractivity contribution in [2.45, 2.75) is 31.1 Å². The predicted molar refractivity (Wildman–Crippen MR) is 70.1 cm³/mol. The quantitative estimate of drug-likeness (QED) is 0.330. The Balaban J connectivity index is -0.00000161. The monoisotopic (exact) mass is 396 g/mol. The third-order valence-electron chi connectivity index (χ3n) is 3.65. The third-order valence-corrected chi connectivity index (χ3v) is 4.50. The Morgan fingerprint density at radius 3 is 1.72 bits per heavy atom. The fourth-order valence-corrected chi connectivity index (χ4v) is 2.91. The molecule has 0 spiro atoms. The number of rotatable bonds is 7. The van der Waals surface area contributed by atoms with Crippen molar-refractivity contribution < 1.29 is 121 Å². The van der Waals surface area contributed by atoms with Gasteiger partial charge in [0.1, 0.15) is 10.1 Å². The van der Waals surface area contributed by atoms with E-state index in [-0.39, 0.29) is 88.7 Å². The van der Waals surface area contributed by atoms with Crippen LogP contribution in [-0.2, 0) is 19.7 Å². The third kappa shape index (κ3) is 8.74. The van der Waals surface area contributed by atoms with Gasteiger partial charge in [-0.15, -0.1) is 0 Å². The maximum Gasteiger partial charge on any atom is 1.00 e. The van der Waals surface area contributed by atoms with Crippen LogP contribution in [0.2, 0.25) is 0 Å². The van der Waals surface area contributed by atoms with Crippen LogP contribution in [0, 0.1) is 11.8 Å². The van der Waals surface area contributed by atoms with Crippen LogP contribution < -0.4 is 98.9 Å². The van der Waals surface area contributed by atoms with Gasteiger partial charge in [0, 0.05) is 23.8 Å². The second-order valence-electron chi connectivity index (χ2n) is 4.99. The largest absolute Gasteiger partial charge is 1.00 e. The first-order valence-electron chi connectivity index (χ1n) is 6.57. The maximum atomic E-state index is 11.3. The molecule has 11 heteroatoms. The molecule has 122 valence electrons. The molecule has 0 saturated heterocycles. The molecule has 7 nitrogen and oxygen atoms in total. The normalized spacial score (nSPS) is 13.9. The fraction of sp³-hybridized carbons (Fsp3) is 0.429. The van der Waals surface area contributed by atoms with E-state index in [0.29, 0.717) is 12.0 Å². The van der Waals surface area contributed by atoms with E-state index >= 15 is 0 Å². The molecule has 0 bridgehead atoms. The second kappa shape index (κ2) is 13.3. The van der Waals surface area contributed by atoms with E-state index in [1.807, 2.05) is 0 Å². The van der Waals surface area contributed by atoms with Crippen molar-refractivity contribution in [1.82, 2.24) is 0 Å². The standard InChI is InChI=1S/C14H18O7S.3Na/c1-3-11(12(14(17)18)8(2)13(15)16)9-4-6-10(7-5-9)22(19,20)21;;;/h4-8,11-12H,3H2,1-2H3,(H,15,16)(H,17,18)(H,19,20,21);;;/q;3*+1/p-3. The molecule has 3 unspecified atom stereocenters. The summed E-state index contributed by atoms with van der Waals surface area (Å²) < 4.78 is 32.6. The van der Waals surface area contributed by atoms with Crippen molar-refractivity contribution in [3.8, 4) is 0 Å². The Kier molecular flexibility index (Phi) is 16.4. The number of carboxylic acids is 2. The summed E-state index contributed by atoms with van der Waals surface area (Å²) in [6.07, 6.45) is 0.291. The molecule has 0 heterocycles. The summed E-state index contributed by atoms with van der Waals surface area (Å²) in [4.78, 5) is 21.8. The van der Waals surface area contributed by atoms with Crippen molar-refractivity contribution in [2.24, 2.45) is 11.8 Å². The van der Waals surface area contributed by atoms with Crippen LogP contribution >= 0.6 is 0 Å². The molecular weight excluding hydrogens is 381 g/mol. The van der Waals surface area contributed by atoms with E-state index in [0.717, 1.165) is 12.1 Å². The molecule has 0 aliphatic heterocycles. The van der Waals surface area contributed by atoms with Crippen molar-refractivity contribution in [2.75, 3.05) is 0 Å². The molecule has 0 N–H and O–H groups in total. The Bertz CT molecular complexity index is 662. The summed E-state index contributed by atoms with van der Waals surface area (Å²) in [6.45, 7) is 2.88. The van der Waals surface area contributed by atoms with E-state index in [2.05, 4.69) is 0 Å². The van der Waals surface area contributed by atoms with E-state index in [9.17, 15) is 32.8 Å². The van der Waals surface area contributed by atoms with Crippen LogP contribution in [-0.4, -0.2) is 24.9 Å². The van der Waals surface area contributed by atoms with Crippen LogP contribution in [0.5, 0.6) is 0 Å². The number of aliphatic carboxylic acids is 2. The molecule has 1 aromatic carbocycles. The van der Waals surface area contributed by atoms with Crippen LogP contribution in [0.3, 0.4) is 0 Å². The van der Waals surface area contributed by atoms with Gasteiger partial charge >= 0.3 is 88.7 Å². The molecule has 0 saturated carbocycles. The average molecular weight is 396 g/mol. The predicted octanol–water partition coefficient (Wildman–Crippen LogP) is -10.2. The van der Waals surface area contributed by atoms with Gasteiger partial charge in [-0.05, 0) is 30.0 Å². The van der Waals surface area contributed by atoms with Crippen LogP contribution in [0.25, 0.3) is 0 Å². The summed E-state index contributed by atoms with van der Waals surface area (Å²) in [5.74, 6) is -6.35. The van der Waals surface area contributed by atoms with Gasteiger partial charge < -0.3 is 24.4 Å². The summed E-state index contributed by atoms with van der Waals surface area (Å²) in [6, 6.07) is 4.74. The van der Waals surface area contributed by atoms with Crippen LogP contribution in [0.4, 0.5) is 0 Å². The summed E-state index contributed by atoms with van der Waals surface area (Å²) in [5.41, 5.74) is 0.414. The fourth-order valence-electron chi connectivity index (χ4n) is 2.44. The number of hydrogen-bond donors (Lipinski definition) is 0. The number of carbonyl (C=O) groups excluding carboxylic acids is 2. The zero-order valence-electron chi connectivity index (χ0n) is 15.0. The molecular formula is C14H15Na3O7S. The van der Waals surface area contributed by atoms with Gasteiger partial charge in [-0.2, -0.15) is 0 Å². The summed E-state index contributed by atoms with van der Waals surface area (Å²) in [7, 11) is -4.60. The molecule has 0 radical (unpaired) electrons. The van der Waals surface area contributed by atoms with E-state index in [1.165, 1.54) is 19.1 Å². The summed E-state index contributed by atoms with van der Waals surface area (Å²) in [5, 5.41) is 22.3. The molecule has 3 atom stereocenters. The Morgan fingerprint density at radius 1 is 1.00 bits per heavy atom. The topological polar surface area (TPSA) is 137 Å². The van der Waals surface area contributed by atoms with Gasteiger partial charge in [0.25, 0.3) is 0 Å². The van der Waals surface area contributed by atoms with Crippen molar-refractivity contribution in [1.29, 1.82) is 0 Å². The van der Waals surface area contributed by atoms with E-state index in [1.54, 1.807) is 6.92 Å². The van der Waals surface area contributed by atoms with Crippen molar-refractivity contribution >= 4 is 22.1 Å². The smallest absolute Gasteiger partial charge is 0.744 e. The van der Waals surface area contributed by atoms with Gasteiger partial charge in [0.2, 0.25) is 0 Å². The molecule has 0 fully saturated rings. The van der Waals surface area contributed by atoms with Gasteiger partial charge in [0.15, 0.2) is 0 Å². The number of hydrogen-bond acceptors (Lipinski definition) is 7. The second-order valence-corrected chi connectivity index (χ2v) is 6.37. The number of carboxylic acid groups (broad SMARTS) is 2. The first-order valence-corrected chi connectivity index (χ1v) is 7.98. The van der Waals surface area contributed by atoms with Gasteiger partial charge in [-0.3, -0.25) is 0 Å². The number of benzene rings is 1. The van der Waals surface area contributed by atoms with Crippen LogP contribution in [0.15, 0.2) is 29.2 Å². The molecule has 1 aromatic rings. The summed E-state index contributed by atoms with van der Waals surface area (Å²) >= 11 is 0. The molecule has 0 amide bonds. The Morgan fingerprint density at radius 2 is 1.44 bits per heavy atom.